The van der Waals surface area contributed by atoms with Crippen LogP contribution in [0.4, 0.5) is 5.13 Å². The summed E-state index contributed by atoms with van der Waals surface area (Å²) in [6, 6.07) is 7.19. The Morgan fingerprint density at radius 2 is 2.14 bits per heavy atom. The Kier molecular flexibility index (Phi) is 6.28. The van der Waals surface area contributed by atoms with Gasteiger partial charge in [-0.1, -0.05) is 22.9 Å². The molecule has 1 heterocycles. The first-order valence-corrected chi connectivity index (χ1v) is 8.54. The summed E-state index contributed by atoms with van der Waals surface area (Å²) in [6.45, 7) is 2.38. The van der Waals surface area contributed by atoms with Crippen LogP contribution >= 0.6 is 34.7 Å². The average molecular weight is 344 g/mol. The van der Waals surface area contributed by atoms with Crippen LogP contribution in [0.1, 0.15) is 5.01 Å². The molecule has 0 saturated heterocycles. The lowest BCUT2D eigenvalue weighted by Crippen LogP contribution is -2.15. The highest BCUT2D eigenvalue weighted by atomic mass is 35.5. The van der Waals surface area contributed by atoms with Crippen molar-refractivity contribution in [1.29, 1.82) is 0 Å². The van der Waals surface area contributed by atoms with Crippen molar-refractivity contribution < 1.29 is 9.53 Å². The van der Waals surface area contributed by atoms with E-state index in [0.29, 0.717) is 22.5 Å². The molecule has 1 aromatic heterocycles. The monoisotopic (exact) mass is 343 g/mol. The summed E-state index contributed by atoms with van der Waals surface area (Å²) in [5, 5.41) is 12.4. The fourth-order valence-electron chi connectivity index (χ4n) is 1.42. The number of hydrogen-bond acceptors (Lipinski definition) is 6. The van der Waals surface area contributed by atoms with E-state index in [2.05, 4.69) is 15.5 Å². The molecule has 2 aromatic rings. The molecule has 21 heavy (non-hydrogen) atoms. The van der Waals surface area contributed by atoms with E-state index in [1.165, 1.54) is 23.1 Å². The second-order valence-electron chi connectivity index (χ2n) is 4.03. The van der Waals surface area contributed by atoms with Gasteiger partial charge in [-0.15, -0.1) is 22.0 Å². The van der Waals surface area contributed by atoms with Crippen molar-refractivity contribution >= 4 is 45.7 Å². The zero-order valence-electron chi connectivity index (χ0n) is 11.3. The van der Waals surface area contributed by atoms with Crippen LogP contribution in [0.15, 0.2) is 24.3 Å². The number of aryl methyl sites for hydroxylation is 1. The van der Waals surface area contributed by atoms with Crippen LogP contribution in [0, 0.1) is 6.92 Å². The normalized spacial score (nSPS) is 10.4. The molecular weight excluding hydrogens is 330 g/mol. The number of carbonyl (C=O) groups is 1. The maximum Gasteiger partial charge on any atom is 0.236 e. The number of ether oxygens (including phenoxy) is 1. The van der Waals surface area contributed by atoms with Gasteiger partial charge in [-0.05, 0) is 31.2 Å². The molecule has 5 nitrogen and oxygen atoms in total. The van der Waals surface area contributed by atoms with Crippen molar-refractivity contribution in [2.45, 2.75) is 6.92 Å². The number of carbonyl (C=O) groups excluding carboxylic acids is 1. The Bertz CT molecular complexity index is 589. The summed E-state index contributed by atoms with van der Waals surface area (Å²) >= 11 is 8.65. The molecular formula is C13H14ClN3O2S2. The van der Waals surface area contributed by atoms with Crippen molar-refractivity contribution in [1.82, 2.24) is 10.2 Å². The molecule has 1 aromatic carbocycles. The Morgan fingerprint density at radius 3 is 2.81 bits per heavy atom. The summed E-state index contributed by atoms with van der Waals surface area (Å²) < 4.78 is 5.53. The number of nitrogens with one attached hydrogen (secondary N) is 1. The molecule has 8 heteroatoms. The van der Waals surface area contributed by atoms with E-state index in [0.717, 1.165) is 16.5 Å². The maximum absolute atomic E-state index is 11.6. The van der Waals surface area contributed by atoms with Crippen LogP contribution in [0.3, 0.4) is 0 Å². The van der Waals surface area contributed by atoms with Gasteiger partial charge in [0.1, 0.15) is 10.8 Å². The predicted octanol–water partition coefficient (Wildman–Crippen LogP) is 3.25. The van der Waals surface area contributed by atoms with Crippen LogP contribution < -0.4 is 10.1 Å². The molecule has 0 unspecified atom stereocenters. The highest BCUT2D eigenvalue weighted by Gasteiger charge is 2.06. The SMILES string of the molecule is Cc1nnc(NC(=O)CSCCOc2ccc(Cl)cc2)s1. The number of nitrogens with zero attached hydrogens (tertiary/aromatic N) is 2. The second-order valence-corrected chi connectivity index (χ2v) is 6.75. The van der Waals surface area contributed by atoms with Crippen LogP contribution in [-0.4, -0.2) is 34.2 Å². The Labute approximate surface area is 136 Å². The second kappa shape index (κ2) is 8.21. The van der Waals surface area contributed by atoms with Gasteiger partial charge in [-0.3, -0.25) is 10.1 Å². The molecule has 0 atom stereocenters. The molecule has 1 amide bonds. The molecule has 0 spiro atoms. The molecule has 0 bridgehead atoms. The molecule has 0 fully saturated rings. The van der Waals surface area contributed by atoms with Gasteiger partial charge in [0.2, 0.25) is 11.0 Å². The lowest BCUT2D eigenvalue weighted by atomic mass is 10.3. The topological polar surface area (TPSA) is 64.1 Å². The zero-order chi connectivity index (χ0) is 15.1. The lowest BCUT2D eigenvalue weighted by Gasteiger charge is -2.05. The Morgan fingerprint density at radius 1 is 1.38 bits per heavy atom. The highest BCUT2D eigenvalue weighted by molar-refractivity contribution is 7.99. The number of benzene rings is 1. The third kappa shape index (κ3) is 5.91. The van der Waals surface area contributed by atoms with Crippen molar-refractivity contribution in [3.05, 3.63) is 34.3 Å². The van der Waals surface area contributed by atoms with Crippen molar-refractivity contribution in [2.24, 2.45) is 0 Å². The maximum atomic E-state index is 11.6. The summed E-state index contributed by atoms with van der Waals surface area (Å²) in [7, 11) is 0. The summed E-state index contributed by atoms with van der Waals surface area (Å²) in [4.78, 5) is 11.6. The summed E-state index contributed by atoms with van der Waals surface area (Å²) in [5.74, 6) is 1.78. The minimum absolute atomic E-state index is 0.0809. The van der Waals surface area contributed by atoms with E-state index in [4.69, 9.17) is 16.3 Å². The Balaban J connectivity index is 1.59. The molecule has 0 aliphatic carbocycles. The largest absolute Gasteiger partial charge is 0.493 e. The number of rotatable bonds is 7. The van der Waals surface area contributed by atoms with Crippen molar-refractivity contribution in [2.75, 3.05) is 23.4 Å². The molecule has 0 aliphatic rings. The first kappa shape index (κ1) is 16.1. The molecule has 2 rings (SSSR count). The van der Waals surface area contributed by atoms with Crippen LogP contribution in [0.5, 0.6) is 5.75 Å². The van der Waals surface area contributed by atoms with Crippen molar-refractivity contribution in [3.8, 4) is 5.75 Å². The highest BCUT2D eigenvalue weighted by Crippen LogP contribution is 2.16. The fourth-order valence-corrected chi connectivity index (χ4v) is 2.75. The van der Waals surface area contributed by atoms with Crippen LogP contribution in [0.25, 0.3) is 0 Å². The van der Waals surface area contributed by atoms with Gasteiger partial charge in [0.25, 0.3) is 0 Å². The predicted molar refractivity (Wildman–Crippen MR) is 87.5 cm³/mol. The van der Waals surface area contributed by atoms with Gasteiger partial charge < -0.3 is 4.74 Å². The quantitative estimate of drug-likeness (QED) is 0.782. The van der Waals surface area contributed by atoms with Crippen LogP contribution in [-0.2, 0) is 4.79 Å². The summed E-state index contributed by atoms with van der Waals surface area (Å²) in [5.41, 5.74) is 0. The van der Waals surface area contributed by atoms with E-state index in [9.17, 15) is 4.79 Å². The standard InChI is InChI=1S/C13H14ClN3O2S2/c1-9-16-17-13(21-9)15-12(18)8-20-7-6-19-11-4-2-10(14)3-5-11/h2-5H,6-8H2,1H3,(H,15,17,18). The number of halogens is 1. The van der Waals surface area contributed by atoms with Gasteiger partial charge in [0.05, 0.1) is 12.4 Å². The number of hydrogen-bond donors (Lipinski definition) is 1. The lowest BCUT2D eigenvalue weighted by molar-refractivity contribution is -0.113. The number of thioether (sulfide) groups is 1. The van der Waals surface area contributed by atoms with E-state index >= 15 is 0 Å². The Hall–Kier alpha value is -1.31. The third-order valence-corrected chi connectivity index (χ3v) is 4.24. The van der Waals surface area contributed by atoms with Crippen molar-refractivity contribution in [3.63, 3.8) is 0 Å². The van der Waals surface area contributed by atoms with Gasteiger partial charge in [0.15, 0.2) is 0 Å². The van der Waals surface area contributed by atoms with E-state index in [1.807, 2.05) is 19.1 Å². The summed E-state index contributed by atoms with van der Waals surface area (Å²) in [6.07, 6.45) is 0. The number of aromatic nitrogens is 2. The molecule has 1 N–H and O–H groups in total. The van der Waals surface area contributed by atoms with Crippen LogP contribution in [0.2, 0.25) is 5.02 Å². The minimum Gasteiger partial charge on any atom is -0.493 e. The van der Waals surface area contributed by atoms with Gasteiger partial charge in [0, 0.05) is 10.8 Å². The number of amides is 1. The van der Waals surface area contributed by atoms with Gasteiger partial charge in [-0.25, -0.2) is 0 Å². The average Bonchev–Trinajstić information content (AvgIpc) is 2.86. The first-order valence-electron chi connectivity index (χ1n) is 6.19. The smallest absolute Gasteiger partial charge is 0.236 e. The molecule has 0 radical (unpaired) electrons. The minimum atomic E-state index is -0.0809. The first-order chi connectivity index (χ1) is 10.1. The van der Waals surface area contributed by atoms with E-state index in [1.54, 1.807) is 12.1 Å². The fraction of sp³-hybridized carbons (Fsp3) is 0.308. The third-order valence-electron chi connectivity index (χ3n) is 2.32. The van der Waals surface area contributed by atoms with E-state index in [-0.39, 0.29) is 5.91 Å². The molecule has 0 saturated carbocycles. The van der Waals surface area contributed by atoms with Gasteiger partial charge in [-0.2, -0.15) is 0 Å². The van der Waals surface area contributed by atoms with Gasteiger partial charge >= 0.3 is 0 Å². The molecule has 112 valence electrons. The number of anilines is 1. The van der Waals surface area contributed by atoms with E-state index < -0.39 is 0 Å². The zero-order valence-corrected chi connectivity index (χ0v) is 13.7. The molecule has 0 aliphatic heterocycles.